The molecule has 0 radical (unpaired) electrons. The first-order chi connectivity index (χ1) is 17.1. The molecule has 0 amide bonds. The number of hydrogen-bond donors (Lipinski definition) is 0. The summed E-state index contributed by atoms with van der Waals surface area (Å²) in [6, 6.07) is 16.0. The zero-order valence-corrected chi connectivity index (χ0v) is 19.2. The van der Waals surface area contributed by atoms with Crippen molar-refractivity contribution in [2.75, 3.05) is 13.2 Å². The highest BCUT2D eigenvalue weighted by molar-refractivity contribution is 7.85. The zero-order valence-electron chi connectivity index (χ0n) is 18.3. The van der Waals surface area contributed by atoms with Gasteiger partial charge in [0.2, 0.25) is 11.6 Å². The molecule has 0 saturated carbocycles. The van der Waals surface area contributed by atoms with E-state index in [0.29, 0.717) is 6.42 Å². The summed E-state index contributed by atoms with van der Waals surface area (Å²) >= 11 is 0. The second-order valence-electron chi connectivity index (χ2n) is 8.62. The number of esters is 1. The van der Waals surface area contributed by atoms with Gasteiger partial charge in [0, 0.05) is 17.8 Å². The molecule has 0 spiro atoms. The Morgan fingerprint density at radius 1 is 0.861 bits per heavy atom. The maximum absolute atomic E-state index is 14.1. The van der Waals surface area contributed by atoms with Crippen LogP contribution in [0.1, 0.15) is 40.5 Å². The molecule has 6 nitrogen and oxygen atoms in total. The van der Waals surface area contributed by atoms with Crippen LogP contribution in [0.15, 0.2) is 53.4 Å². The second kappa shape index (κ2) is 8.90. The number of benzene rings is 3. The molecule has 0 aromatic heterocycles. The van der Waals surface area contributed by atoms with Crippen molar-refractivity contribution in [2.45, 2.75) is 23.2 Å². The quantitative estimate of drug-likeness (QED) is 0.207. The molecule has 3 aromatic carbocycles. The van der Waals surface area contributed by atoms with Crippen LogP contribution in [0.2, 0.25) is 0 Å². The van der Waals surface area contributed by atoms with Gasteiger partial charge < -0.3 is 14.0 Å². The summed E-state index contributed by atoms with van der Waals surface area (Å²) in [6.45, 7) is -1.14. The fourth-order valence-corrected chi connectivity index (χ4v) is 5.85. The van der Waals surface area contributed by atoms with E-state index in [2.05, 4.69) is 16.9 Å². The van der Waals surface area contributed by atoms with Crippen molar-refractivity contribution in [2.24, 2.45) is 5.92 Å². The number of hydrogen-bond acceptors (Lipinski definition) is 6. The van der Waals surface area contributed by atoms with Gasteiger partial charge >= 0.3 is 5.97 Å². The van der Waals surface area contributed by atoms with Crippen LogP contribution in [-0.2, 0) is 19.6 Å². The molecule has 188 valence electrons. The molecule has 3 aliphatic rings. The lowest BCUT2D eigenvalue weighted by atomic mass is 9.59. The minimum Gasteiger partial charge on any atom is -0.744 e. The van der Waals surface area contributed by atoms with E-state index in [0.717, 1.165) is 11.1 Å². The van der Waals surface area contributed by atoms with Crippen molar-refractivity contribution in [1.82, 2.24) is 0 Å². The van der Waals surface area contributed by atoms with Gasteiger partial charge in [0.25, 0.3) is 0 Å². The molecule has 0 fully saturated rings. The molecule has 3 aliphatic carbocycles. The van der Waals surface area contributed by atoms with Crippen LogP contribution in [-0.4, -0.2) is 32.2 Å². The lowest BCUT2D eigenvalue weighted by molar-refractivity contribution is -0.147. The normalized spacial score (nSPS) is 20.0. The van der Waals surface area contributed by atoms with Crippen LogP contribution in [0.4, 0.5) is 17.6 Å². The third-order valence-electron chi connectivity index (χ3n) is 6.65. The Morgan fingerprint density at radius 3 is 1.86 bits per heavy atom. The van der Waals surface area contributed by atoms with Crippen molar-refractivity contribution in [3.63, 3.8) is 0 Å². The lowest BCUT2D eigenvalue weighted by Crippen LogP contribution is -2.35. The highest BCUT2D eigenvalue weighted by atomic mass is 32.2. The summed E-state index contributed by atoms with van der Waals surface area (Å²) in [6.07, 6.45) is 0.706. The Kier molecular flexibility index (Phi) is 6.00. The van der Waals surface area contributed by atoms with E-state index in [-0.39, 0.29) is 24.4 Å². The van der Waals surface area contributed by atoms with E-state index >= 15 is 0 Å². The van der Waals surface area contributed by atoms with E-state index in [4.69, 9.17) is 4.74 Å². The Morgan fingerprint density at radius 2 is 1.36 bits per heavy atom. The van der Waals surface area contributed by atoms with E-state index in [9.17, 15) is 35.3 Å². The Labute approximate surface area is 203 Å². The molecular formula is C25H17F4O6S-. The summed E-state index contributed by atoms with van der Waals surface area (Å²) in [7, 11) is -5.85. The van der Waals surface area contributed by atoms with Gasteiger partial charge in [0.15, 0.2) is 24.0 Å². The van der Waals surface area contributed by atoms with E-state index < -0.39 is 56.6 Å². The standard InChI is InChI=1S/C25H18F4O6S/c26-20-22(28)25(36(31,32)33)23(29)21(27)24(20)35-11-18(30)34-10-12-9-17-13-5-1-3-7-15(13)19(12)16-8-4-2-6-14(16)17/h1-8,12,17,19H,9-11H2,(H,31,32,33)/p-1. The van der Waals surface area contributed by atoms with Gasteiger partial charge in [-0.15, -0.1) is 0 Å². The topological polar surface area (TPSA) is 92.7 Å². The maximum Gasteiger partial charge on any atom is 0.344 e. The summed E-state index contributed by atoms with van der Waals surface area (Å²) in [5.74, 6) is -12.1. The van der Waals surface area contributed by atoms with Gasteiger partial charge in [-0.25, -0.2) is 22.0 Å². The fourth-order valence-electron chi connectivity index (χ4n) is 5.23. The number of rotatable bonds is 6. The van der Waals surface area contributed by atoms with Crippen LogP contribution in [0.25, 0.3) is 0 Å². The molecule has 2 bridgehead atoms. The molecule has 0 aliphatic heterocycles. The fraction of sp³-hybridized carbons (Fsp3) is 0.240. The summed E-state index contributed by atoms with van der Waals surface area (Å²) in [4.78, 5) is 9.94. The largest absolute Gasteiger partial charge is 0.744 e. The van der Waals surface area contributed by atoms with Gasteiger partial charge in [0.1, 0.15) is 15.0 Å². The van der Waals surface area contributed by atoms with E-state index in [1.165, 1.54) is 11.1 Å². The molecule has 11 heteroatoms. The minimum atomic E-state index is -5.85. The third-order valence-corrected chi connectivity index (χ3v) is 7.51. The average molecular weight is 521 g/mol. The number of halogens is 4. The molecule has 1 unspecified atom stereocenters. The molecule has 36 heavy (non-hydrogen) atoms. The number of carbonyl (C=O) groups excluding carboxylic acids is 1. The first-order valence-corrected chi connectivity index (χ1v) is 12.3. The first kappa shape index (κ1) is 24.3. The van der Waals surface area contributed by atoms with Gasteiger partial charge in [0.05, 0.1) is 6.61 Å². The van der Waals surface area contributed by atoms with Crippen molar-refractivity contribution < 1.29 is 44.8 Å². The monoisotopic (exact) mass is 521 g/mol. The van der Waals surface area contributed by atoms with E-state index in [1.54, 1.807) is 0 Å². The number of carbonyl (C=O) groups is 1. The molecule has 3 aromatic rings. The number of ether oxygens (including phenoxy) is 2. The van der Waals surface area contributed by atoms with Crippen LogP contribution in [0.3, 0.4) is 0 Å². The highest BCUT2D eigenvalue weighted by Crippen LogP contribution is 2.55. The van der Waals surface area contributed by atoms with Crippen molar-refractivity contribution in [1.29, 1.82) is 0 Å². The first-order valence-electron chi connectivity index (χ1n) is 10.9. The van der Waals surface area contributed by atoms with Crippen LogP contribution in [0.5, 0.6) is 5.75 Å². The van der Waals surface area contributed by atoms with Gasteiger partial charge in [-0.05, 0) is 28.7 Å². The molecule has 0 heterocycles. The summed E-state index contributed by atoms with van der Waals surface area (Å²) in [5, 5.41) is 0. The Balaban J connectivity index is 1.30. The summed E-state index contributed by atoms with van der Waals surface area (Å²) < 4.78 is 98.5. The van der Waals surface area contributed by atoms with Crippen molar-refractivity contribution in [3.05, 3.63) is 94.1 Å². The third kappa shape index (κ3) is 3.92. The Hall–Kier alpha value is -3.44. The van der Waals surface area contributed by atoms with Gasteiger partial charge in [-0.2, -0.15) is 8.78 Å². The smallest absolute Gasteiger partial charge is 0.344 e. The van der Waals surface area contributed by atoms with Crippen LogP contribution < -0.4 is 4.74 Å². The average Bonchev–Trinajstić information content (AvgIpc) is 2.85. The second-order valence-corrected chi connectivity index (χ2v) is 9.94. The summed E-state index contributed by atoms with van der Waals surface area (Å²) in [5.41, 5.74) is 4.69. The predicted octanol–water partition coefficient (Wildman–Crippen LogP) is 4.37. The zero-order chi connectivity index (χ0) is 25.8. The van der Waals surface area contributed by atoms with E-state index in [1.807, 2.05) is 36.4 Å². The van der Waals surface area contributed by atoms with Gasteiger partial charge in [-0.1, -0.05) is 48.5 Å². The Bertz CT molecular complexity index is 1410. The number of fused-ring (bicyclic) bond motifs is 1. The molecule has 0 N–H and O–H groups in total. The van der Waals surface area contributed by atoms with Crippen LogP contribution >= 0.6 is 0 Å². The molecule has 6 rings (SSSR count). The SMILES string of the molecule is O=C(COc1c(F)c(F)c(S(=O)(=O)[O-])c(F)c1F)OCC1CC2c3ccccc3C1c1ccccc12. The molecule has 0 saturated heterocycles. The molecular weight excluding hydrogens is 504 g/mol. The maximum atomic E-state index is 14.1. The highest BCUT2D eigenvalue weighted by Gasteiger charge is 2.43. The predicted molar refractivity (Wildman–Crippen MR) is 115 cm³/mol. The van der Waals surface area contributed by atoms with Crippen LogP contribution in [0, 0.1) is 29.2 Å². The van der Waals surface area contributed by atoms with Gasteiger partial charge in [-0.3, -0.25) is 0 Å². The minimum absolute atomic E-state index is 0.0317. The lowest BCUT2D eigenvalue weighted by Gasteiger charge is -2.45. The van der Waals surface area contributed by atoms with Crippen molar-refractivity contribution in [3.8, 4) is 5.75 Å². The van der Waals surface area contributed by atoms with Crippen molar-refractivity contribution >= 4 is 16.1 Å². The molecule has 1 atom stereocenters.